The Morgan fingerprint density at radius 3 is 2.70 bits per heavy atom. The average Bonchev–Trinajstić information content (AvgIpc) is 2.77. The number of esters is 1. The molecule has 1 N–H and O–H groups in total. The van der Waals surface area contributed by atoms with E-state index >= 15 is 0 Å². The van der Waals surface area contributed by atoms with Gasteiger partial charge in [0.05, 0.1) is 6.61 Å². The molecule has 1 aromatic rings. The predicted octanol–water partition coefficient (Wildman–Crippen LogP) is 0.833. The van der Waals surface area contributed by atoms with Gasteiger partial charge in [0.1, 0.15) is 5.82 Å². The van der Waals surface area contributed by atoms with E-state index in [1.54, 1.807) is 18.4 Å². The number of carbonyl (C=O) groups is 1. The Morgan fingerprint density at radius 1 is 1.45 bits per heavy atom. The average molecular weight is 303 g/mol. The Kier molecular flexibility index (Phi) is 6.15. The first kappa shape index (κ1) is 16.6. The summed E-state index contributed by atoms with van der Waals surface area (Å²) in [6.07, 6.45) is 2.09. The minimum atomic E-state index is -3.62. The number of imidazole rings is 1. The second kappa shape index (κ2) is 7.39. The quantitative estimate of drug-likeness (QED) is 0.567. The van der Waals surface area contributed by atoms with Gasteiger partial charge in [-0.25, -0.2) is 18.1 Å². The number of rotatable bonds is 8. The highest BCUT2D eigenvalue weighted by Gasteiger charge is 2.18. The summed E-state index contributed by atoms with van der Waals surface area (Å²) in [6.45, 7) is 6.57. The first-order valence-corrected chi connectivity index (χ1v) is 8.08. The Labute approximate surface area is 119 Å². The van der Waals surface area contributed by atoms with Crippen molar-refractivity contribution in [2.45, 2.75) is 45.2 Å². The molecule has 1 rings (SSSR count). The van der Waals surface area contributed by atoms with Crippen molar-refractivity contribution in [2.24, 2.45) is 0 Å². The standard InChI is InChI=1S/C12H21N3O4S/c1-4-15-9-11(14-10(15)3)20(17,18)13-8-6-7-12(16)19-5-2/h9,13H,4-8H2,1-3H3. The predicted molar refractivity (Wildman–Crippen MR) is 73.7 cm³/mol. The monoisotopic (exact) mass is 303 g/mol. The first-order valence-electron chi connectivity index (χ1n) is 6.59. The summed E-state index contributed by atoms with van der Waals surface area (Å²) in [5.74, 6) is 0.331. The highest BCUT2D eigenvalue weighted by Crippen LogP contribution is 2.08. The molecule has 0 aromatic carbocycles. The Bertz CT molecular complexity index is 551. The van der Waals surface area contributed by atoms with Crippen LogP contribution in [0.25, 0.3) is 0 Å². The van der Waals surface area contributed by atoms with Gasteiger partial charge in [0.15, 0.2) is 5.03 Å². The van der Waals surface area contributed by atoms with Crippen molar-refractivity contribution in [3.8, 4) is 0 Å². The van der Waals surface area contributed by atoms with Gasteiger partial charge in [-0.3, -0.25) is 4.79 Å². The third kappa shape index (κ3) is 4.61. The van der Waals surface area contributed by atoms with Gasteiger partial charge in [-0.05, 0) is 27.2 Å². The third-order valence-corrected chi connectivity index (χ3v) is 4.06. The maximum absolute atomic E-state index is 12.0. The van der Waals surface area contributed by atoms with E-state index in [0.717, 1.165) is 0 Å². The van der Waals surface area contributed by atoms with Crippen LogP contribution in [0, 0.1) is 6.92 Å². The molecule has 8 heteroatoms. The molecule has 0 saturated heterocycles. The molecule has 114 valence electrons. The fourth-order valence-corrected chi connectivity index (χ4v) is 2.75. The highest BCUT2D eigenvalue weighted by atomic mass is 32.2. The zero-order valence-corrected chi connectivity index (χ0v) is 12.9. The number of hydrogen-bond donors (Lipinski definition) is 1. The first-order chi connectivity index (χ1) is 9.40. The lowest BCUT2D eigenvalue weighted by atomic mass is 10.3. The molecular weight excluding hydrogens is 282 g/mol. The fourth-order valence-electron chi connectivity index (χ4n) is 1.68. The summed E-state index contributed by atoms with van der Waals surface area (Å²) in [4.78, 5) is 15.1. The summed E-state index contributed by atoms with van der Waals surface area (Å²) < 4.78 is 32.9. The van der Waals surface area contributed by atoms with Gasteiger partial charge in [0.2, 0.25) is 0 Å². The van der Waals surface area contributed by atoms with E-state index in [2.05, 4.69) is 9.71 Å². The second-order valence-corrected chi connectivity index (χ2v) is 5.93. The summed E-state index contributed by atoms with van der Waals surface area (Å²) in [6, 6.07) is 0. The lowest BCUT2D eigenvalue weighted by molar-refractivity contribution is -0.143. The second-order valence-electron chi connectivity index (χ2n) is 4.22. The van der Waals surface area contributed by atoms with Gasteiger partial charge in [-0.15, -0.1) is 0 Å². The van der Waals surface area contributed by atoms with Crippen LogP contribution in [0.5, 0.6) is 0 Å². The number of aromatic nitrogens is 2. The molecule has 0 spiro atoms. The minimum Gasteiger partial charge on any atom is -0.466 e. The van der Waals surface area contributed by atoms with E-state index in [1.807, 2.05) is 6.92 Å². The van der Waals surface area contributed by atoms with Crippen LogP contribution in [0.2, 0.25) is 0 Å². The molecule has 0 saturated carbocycles. The lowest BCUT2D eigenvalue weighted by Gasteiger charge is -2.04. The van der Waals surface area contributed by atoms with E-state index in [9.17, 15) is 13.2 Å². The molecule has 0 bridgehead atoms. The highest BCUT2D eigenvalue weighted by molar-refractivity contribution is 7.89. The largest absolute Gasteiger partial charge is 0.466 e. The van der Waals surface area contributed by atoms with Crippen LogP contribution in [0.3, 0.4) is 0 Å². The molecule has 0 fully saturated rings. The van der Waals surface area contributed by atoms with Crippen molar-refractivity contribution in [3.05, 3.63) is 12.0 Å². The molecular formula is C12H21N3O4S. The molecule has 0 radical (unpaired) electrons. The molecule has 0 unspecified atom stereocenters. The van der Waals surface area contributed by atoms with Crippen LogP contribution in [-0.4, -0.2) is 37.1 Å². The number of hydrogen-bond acceptors (Lipinski definition) is 5. The van der Waals surface area contributed by atoms with E-state index in [4.69, 9.17) is 4.74 Å². The molecule has 0 atom stereocenters. The van der Waals surface area contributed by atoms with Crippen molar-refractivity contribution in [1.82, 2.24) is 14.3 Å². The van der Waals surface area contributed by atoms with Crippen molar-refractivity contribution in [1.29, 1.82) is 0 Å². The van der Waals surface area contributed by atoms with Crippen molar-refractivity contribution < 1.29 is 17.9 Å². The minimum absolute atomic E-state index is 0.00739. The van der Waals surface area contributed by atoms with Gasteiger partial charge >= 0.3 is 5.97 Å². The number of carbonyl (C=O) groups excluding carboxylic acids is 1. The maximum Gasteiger partial charge on any atom is 0.305 e. The molecule has 0 aliphatic carbocycles. The third-order valence-electron chi connectivity index (χ3n) is 2.73. The fraction of sp³-hybridized carbons (Fsp3) is 0.667. The van der Waals surface area contributed by atoms with Crippen LogP contribution in [-0.2, 0) is 26.1 Å². The molecule has 0 aliphatic rings. The molecule has 1 aromatic heterocycles. The number of sulfonamides is 1. The molecule has 7 nitrogen and oxygen atoms in total. The Balaban J connectivity index is 2.51. The smallest absolute Gasteiger partial charge is 0.305 e. The van der Waals surface area contributed by atoms with Crippen LogP contribution < -0.4 is 4.72 Å². The van der Waals surface area contributed by atoms with Gasteiger partial charge in [0, 0.05) is 25.7 Å². The summed E-state index contributed by atoms with van der Waals surface area (Å²) in [7, 11) is -3.62. The van der Waals surface area contributed by atoms with E-state index < -0.39 is 10.0 Å². The number of nitrogens with zero attached hydrogens (tertiary/aromatic N) is 2. The lowest BCUT2D eigenvalue weighted by Crippen LogP contribution is -2.25. The van der Waals surface area contributed by atoms with Gasteiger partial charge in [-0.2, -0.15) is 0 Å². The van der Waals surface area contributed by atoms with E-state index in [-0.39, 0.29) is 24.0 Å². The summed E-state index contributed by atoms with van der Waals surface area (Å²) in [5, 5.41) is 0.00739. The van der Waals surface area contributed by atoms with Crippen LogP contribution >= 0.6 is 0 Å². The van der Waals surface area contributed by atoms with Crippen molar-refractivity contribution >= 4 is 16.0 Å². The van der Waals surface area contributed by atoms with E-state index in [0.29, 0.717) is 25.4 Å². The molecule has 0 aliphatic heterocycles. The summed E-state index contributed by atoms with van der Waals surface area (Å²) >= 11 is 0. The summed E-state index contributed by atoms with van der Waals surface area (Å²) in [5.41, 5.74) is 0. The van der Waals surface area contributed by atoms with Gasteiger partial charge < -0.3 is 9.30 Å². The zero-order valence-electron chi connectivity index (χ0n) is 12.0. The van der Waals surface area contributed by atoms with Gasteiger partial charge in [0.25, 0.3) is 10.0 Å². The molecule has 0 amide bonds. The van der Waals surface area contributed by atoms with Crippen LogP contribution in [0.4, 0.5) is 0 Å². The zero-order chi connectivity index (χ0) is 15.2. The van der Waals surface area contributed by atoms with Crippen molar-refractivity contribution in [2.75, 3.05) is 13.2 Å². The topological polar surface area (TPSA) is 90.3 Å². The normalized spacial score (nSPS) is 11.6. The SMILES string of the molecule is CCOC(=O)CCCNS(=O)(=O)c1cn(CC)c(C)n1. The van der Waals surface area contributed by atoms with Crippen molar-refractivity contribution in [3.63, 3.8) is 0 Å². The number of nitrogens with one attached hydrogen (secondary N) is 1. The van der Waals surface area contributed by atoms with Crippen LogP contribution in [0.1, 0.15) is 32.5 Å². The van der Waals surface area contributed by atoms with Crippen LogP contribution in [0.15, 0.2) is 11.2 Å². The van der Waals surface area contributed by atoms with Gasteiger partial charge in [-0.1, -0.05) is 0 Å². The maximum atomic E-state index is 12.0. The number of aryl methyl sites for hydroxylation is 2. The Morgan fingerprint density at radius 2 is 2.15 bits per heavy atom. The van der Waals surface area contributed by atoms with E-state index in [1.165, 1.54) is 6.20 Å². The Hall–Kier alpha value is -1.41. The molecule has 1 heterocycles. The molecule has 20 heavy (non-hydrogen) atoms. The number of ether oxygens (including phenoxy) is 1.